The maximum atomic E-state index is 14.5. The minimum Gasteiger partial charge on any atom is -0.459 e. The molecule has 0 aliphatic carbocycles. The van der Waals surface area contributed by atoms with Gasteiger partial charge in [-0.1, -0.05) is 38.1 Å². The topological polar surface area (TPSA) is 193 Å². The molecule has 3 aliphatic heterocycles. The van der Waals surface area contributed by atoms with Gasteiger partial charge in [-0.25, -0.2) is 9.98 Å². The Labute approximate surface area is 347 Å². The first-order valence-corrected chi connectivity index (χ1v) is 20.9. The molecule has 0 spiro atoms. The van der Waals surface area contributed by atoms with Crippen LogP contribution in [0.2, 0.25) is 0 Å². The van der Waals surface area contributed by atoms with Crippen LogP contribution in [0.4, 0.5) is 0 Å². The number of nitrogens with zero attached hydrogens (tertiary/aromatic N) is 5. The molecule has 12 atom stereocenters. The van der Waals surface area contributed by atoms with E-state index in [-0.39, 0.29) is 51.2 Å². The molecule has 3 fully saturated rings. The molecule has 0 saturated carbocycles. The molecule has 59 heavy (non-hydrogen) atoms. The molecule has 3 saturated heterocycles. The number of oxime groups is 1. The van der Waals surface area contributed by atoms with Crippen LogP contribution in [0.5, 0.6) is 0 Å². The number of amides is 1. The first-order chi connectivity index (χ1) is 27.9. The normalized spacial score (nSPS) is 36.9. The standard InChI is InChI=1S/C43H65N5O11/c1-11-35-43(8,53)36-20-32(45-29(6)49)25(2)21-42(7,55-23-30(22-54-36)46-56-18-14-17-48-24-44-31-15-12-13-16-33(31)48)39(27(4)37(50)28(5)40(52)58-35)59-41-38(51)34(47(9)10)19-26(3)57-41/h12-13,15-16,24-28,34-36,38-39,41,51,53H,11,14,17-23H2,1-10H3/b45-32?,46-30-/t25-,26-,27+,28-,34+,35+,36+,38-,39-,41+,42-,43-/m1/s1. The molecule has 0 unspecified atom stereocenters. The zero-order chi connectivity index (χ0) is 43.2. The molecule has 1 aromatic carbocycles. The monoisotopic (exact) mass is 827 g/mol. The lowest BCUT2D eigenvalue weighted by Crippen LogP contribution is -2.59. The molecule has 1 amide bonds. The lowest BCUT2D eigenvalue weighted by Gasteiger charge is -2.47. The maximum Gasteiger partial charge on any atom is 0.316 e. The second-order valence-corrected chi connectivity index (χ2v) is 17.2. The number of imidazole rings is 1. The number of aliphatic hydroxyl groups excluding tert-OH is 1. The van der Waals surface area contributed by atoms with Gasteiger partial charge in [0.2, 0.25) is 5.91 Å². The van der Waals surface area contributed by atoms with E-state index in [1.807, 2.05) is 61.7 Å². The van der Waals surface area contributed by atoms with E-state index in [2.05, 4.69) is 15.1 Å². The predicted molar refractivity (Wildman–Crippen MR) is 220 cm³/mol. The Bertz CT molecular complexity index is 1830. The van der Waals surface area contributed by atoms with E-state index in [4.69, 9.17) is 28.5 Å². The number of esters is 1. The van der Waals surface area contributed by atoms with Crippen LogP contribution in [0, 0.1) is 17.8 Å². The first kappa shape index (κ1) is 46.4. The highest BCUT2D eigenvalue weighted by Gasteiger charge is 2.51. The highest BCUT2D eigenvalue weighted by molar-refractivity contribution is 6.00. The largest absolute Gasteiger partial charge is 0.459 e. The van der Waals surface area contributed by atoms with Crippen LogP contribution in [0.3, 0.4) is 0 Å². The number of aryl methyl sites for hydroxylation is 1. The Morgan fingerprint density at radius 1 is 1.12 bits per heavy atom. The summed E-state index contributed by atoms with van der Waals surface area (Å²) in [5.41, 5.74) is -0.502. The van der Waals surface area contributed by atoms with Crippen molar-refractivity contribution in [1.82, 2.24) is 14.5 Å². The van der Waals surface area contributed by atoms with Gasteiger partial charge >= 0.3 is 5.97 Å². The quantitative estimate of drug-likeness (QED) is 0.159. The first-order valence-electron chi connectivity index (χ1n) is 20.9. The summed E-state index contributed by atoms with van der Waals surface area (Å²) in [7, 11) is 3.74. The fourth-order valence-electron chi connectivity index (χ4n) is 8.65. The fraction of sp³-hybridized carbons (Fsp3) is 0.721. The van der Waals surface area contributed by atoms with Crippen molar-refractivity contribution in [3.63, 3.8) is 0 Å². The number of aliphatic imine (C=N–C) groups is 1. The van der Waals surface area contributed by atoms with E-state index < -0.39 is 77.3 Å². The average Bonchev–Trinajstić information content (AvgIpc) is 3.59. The third-order valence-corrected chi connectivity index (χ3v) is 12.1. The number of ketones is 1. The molecule has 5 rings (SSSR count). The van der Waals surface area contributed by atoms with Gasteiger partial charge in [-0.2, -0.15) is 0 Å². The summed E-state index contributed by atoms with van der Waals surface area (Å²) in [5, 5.41) is 28.4. The van der Waals surface area contributed by atoms with Crippen LogP contribution in [0.15, 0.2) is 40.7 Å². The van der Waals surface area contributed by atoms with Gasteiger partial charge in [0.1, 0.15) is 36.0 Å². The predicted octanol–water partition coefficient (Wildman–Crippen LogP) is 4.12. The Hall–Kier alpha value is -3.64. The second-order valence-electron chi connectivity index (χ2n) is 17.2. The molecule has 16 heteroatoms. The number of carbonyl (C=O) groups excluding carboxylic acids is 3. The van der Waals surface area contributed by atoms with Gasteiger partial charge < -0.3 is 48.2 Å². The van der Waals surface area contributed by atoms with E-state index in [0.29, 0.717) is 30.8 Å². The number of cyclic esters (lactones) is 1. The third-order valence-electron chi connectivity index (χ3n) is 12.1. The molecular formula is C43H65N5O11. The Balaban J connectivity index is 1.57. The zero-order valence-corrected chi connectivity index (χ0v) is 36.3. The van der Waals surface area contributed by atoms with Crippen LogP contribution in [-0.4, -0.2) is 142 Å². The average molecular weight is 828 g/mol. The summed E-state index contributed by atoms with van der Waals surface area (Å²) in [6.07, 6.45) is -2.52. The minimum atomic E-state index is -1.81. The molecule has 2 N–H and O–H groups in total. The van der Waals surface area contributed by atoms with E-state index >= 15 is 0 Å². The van der Waals surface area contributed by atoms with Crippen molar-refractivity contribution >= 4 is 40.1 Å². The third kappa shape index (κ3) is 11.0. The number of carbonyl (C=O) groups is 3. The summed E-state index contributed by atoms with van der Waals surface area (Å²) in [6, 6.07) is 7.57. The van der Waals surface area contributed by atoms with Crippen LogP contribution >= 0.6 is 0 Å². The molecule has 1 aromatic heterocycles. The van der Waals surface area contributed by atoms with Crippen molar-refractivity contribution in [3.8, 4) is 0 Å². The highest BCUT2D eigenvalue weighted by atomic mass is 16.7. The van der Waals surface area contributed by atoms with Gasteiger partial charge in [0.15, 0.2) is 12.1 Å². The number of para-hydroxylation sites is 2. The van der Waals surface area contributed by atoms with Gasteiger partial charge in [-0.3, -0.25) is 14.4 Å². The maximum absolute atomic E-state index is 14.5. The number of likely N-dealkylation sites (N-methyl/N-ethyl adjacent to an activating group) is 1. The molecule has 0 radical (unpaired) electrons. The van der Waals surface area contributed by atoms with Gasteiger partial charge in [0, 0.05) is 44.0 Å². The Kier molecular flexibility index (Phi) is 15.6. The second kappa shape index (κ2) is 19.8. The Morgan fingerprint density at radius 3 is 2.54 bits per heavy atom. The highest BCUT2D eigenvalue weighted by Crippen LogP contribution is 2.39. The van der Waals surface area contributed by atoms with Crippen molar-refractivity contribution in [2.45, 2.75) is 148 Å². The zero-order valence-electron chi connectivity index (χ0n) is 36.3. The molecule has 4 heterocycles. The van der Waals surface area contributed by atoms with Gasteiger partial charge in [-0.15, -0.1) is 0 Å². The number of hydrogen-bond acceptors (Lipinski definition) is 14. The number of ether oxygens (including phenoxy) is 5. The van der Waals surface area contributed by atoms with Crippen LogP contribution < -0.4 is 0 Å². The molecule has 328 valence electrons. The summed E-state index contributed by atoms with van der Waals surface area (Å²) in [4.78, 5) is 57.6. The van der Waals surface area contributed by atoms with E-state index in [1.54, 1.807) is 27.1 Å². The van der Waals surface area contributed by atoms with Crippen molar-refractivity contribution in [2.75, 3.05) is 33.9 Å². The molecule has 16 nitrogen and oxygen atoms in total. The van der Waals surface area contributed by atoms with E-state index in [1.165, 1.54) is 20.8 Å². The number of fused-ring (bicyclic) bond motifs is 6. The Morgan fingerprint density at radius 2 is 1.85 bits per heavy atom. The van der Waals surface area contributed by atoms with Crippen molar-refractivity contribution in [1.29, 1.82) is 0 Å². The summed E-state index contributed by atoms with van der Waals surface area (Å²) < 4.78 is 34.3. The molecule has 3 aliphatic rings. The summed E-state index contributed by atoms with van der Waals surface area (Å²) >= 11 is 0. The minimum absolute atomic E-state index is 0.00703. The summed E-state index contributed by atoms with van der Waals surface area (Å²) in [5.74, 6) is -4.50. The van der Waals surface area contributed by atoms with Crippen LogP contribution in [0.25, 0.3) is 11.0 Å². The van der Waals surface area contributed by atoms with E-state index in [0.717, 1.165) is 11.0 Å². The lowest BCUT2D eigenvalue weighted by atomic mass is 9.76. The number of aromatic nitrogens is 2. The van der Waals surface area contributed by atoms with Crippen molar-refractivity contribution < 1.29 is 53.1 Å². The number of hydrogen-bond donors (Lipinski definition) is 2. The van der Waals surface area contributed by atoms with Crippen molar-refractivity contribution in [2.24, 2.45) is 27.9 Å². The number of Topliss-reactive ketones (excluding diaryl/α,β-unsaturated/α-hetero) is 1. The van der Waals surface area contributed by atoms with Crippen LogP contribution in [0.1, 0.15) is 87.5 Å². The summed E-state index contributed by atoms with van der Waals surface area (Å²) in [6.45, 7) is 13.9. The molecule has 2 aromatic rings. The van der Waals surface area contributed by atoms with Gasteiger partial charge in [0.25, 0.3) is 0 Å². The van der Waals surface area contributed by atoms with Gasteiger partial charge in [0.05, 0.1) is 54.5 Å². The number of aliphatic hydroxyl groups is 2. The molecular weight excluding hydrogens is 762 g/mol. The molecule has 2 bridgehead atoms. The van der Waals surface area contributed by atoms with Crippen molar-refractivity contribution in [3.05, 3.63) is 30.6 Å². The SMILES string of the molecule is CC[C@@H]1OC(=O)[C@H](C)C(=O)[C@H](C)[C@@H](O[C@@H]2O[C@H](C)C[C@H](N(C)C)[C@H]2O)[C@@]2(C)C[C@@H](C)C(=NC(C)=O)C[C@H](OC/C(=N/OCCCn3cnc4ccccc43)CO2)[C@]1(C)O. The van der Waals surface area contributed by atoms with E-state index in [9.17, 15) is 24.6 Å². The number of rotatable bonds is 9. The number of benzene rings is 1. The lowest BCUT2D eigenvalue weighted by molar-refractivity contribution is -0.296. The fourth-order valence-corrected chi connectivity index (χ4v) is 8.65. The smallest absolute Gasteiger partial charge is 0.316 e. The van der Waals surface area contributed by atoms with Crippen LogP contribution in [-0.2, 0) is 49.5 Å². The van der Waals surface area contributed by atoms with Gasteiger partial charge in [-0.05, 0) is 79.1 Å².